The molecular weight excluding hydrogens is 382 g/mol. The number of ether oxygens (including phenoxy) is 1. The van der Waals surface area contributed by atoms with Crippen molar-refractivity contribution in [3.8, 4) is 10.7 Å². The van der Waals surface area contributed by atoms with Crippen LogP contribution in [0.25, 0.3) is 21.6 Å². The molecule has 0 aliphatic carbocycles. The van der Waals surface area contributed by atoms with E-state index in [-0.39, 0.29) is 11.9 Å². The van der Waals surface area contributed by atoms with Gasteiger partial charge >= 0.3 is 5.97 Å². The maximum atomic E-state index is 12.2. The number of halogens is 1. The summed E-state index contributed by atoms with van der Waals surface area (Å²) in [5.74, 6) is 1.24. The number of aromatic nitrogens is 2. The Morgan fingerprint density at radius 1 is 1.33 bits per heavy atom. The van der Waals surface area contributed by atoms with Gasteiger partial charge in [0.1, 0.15) is 5.82 Å². The second-order valence-corrected chi connectivity index (χ2v) is 7.85. The average molecular weight is 402 g/mol. The Balaban J connectivity index is 1.76. The number of benzene rings is 1. The summed E-state index contributed by atoms with van der Waals surface area (Å²) in [4.78, 5) is 24.9. The molecule has 0 bridgehead atoms. The quantitative estimate of drug-likeness (QED) is 0.588. The van der Waals surface area contributed by atoms with E-state index in [4.69, 9.17) is 26.3 Å². The normalized spacial score (nSPS) is 17.3. The molecule has 27 heavy (non-hydrogen) atoms. The summed E-state index contributed by atoms with van der Waals surface area (Å²) in [6.45, 7) is 3.71. The van der Waals surface area contributed by atoms with Crippen LogP contribution in [0.1, 0.15) is 19.8 Å². The molecule has 3 heterocycles. The molecule has 1 aliphatic rings. The van der Waals surface area contributed by atoms with Crippen LogP contribution in [-0.2, 0) is 9.53 Å². The largest absolute Gasteiger partial charge is 0.466 e. The van der Waals surface area contributed by atoms with Gasteiger partial charge < -0.3 is 9.64 Å². The number of anilines is 1. The van der Waals surface area contributed by atoms with Crippen molar-refractivity contribution in [2.45, 2.75) is 19.8 Å². The van der Waals surface area contributed by atoms with E-state index in [9.17, 15) is 4.79 Å². The second-order valence-electron chi connectivity index (χ2n) is 6.52. The van der Waals surface area contributed by atoms with Crippen LogP contribution < -0.4 is 4.90 Å². The van der Waals surface area contributed by atoms with Crippen LogP contribution in [0.3, 0.4) is 0 Å². The summed E-state index contributed by atoms with van der Waals surface area (Å²) in [6.07, 6.45) is 1.78. The Bertz CT molecular complexity index is 975. The minimum atomic E-state index is -0.124. The standard InChI is InChI=1S/C20H20ClN3O2S/c1-2-26-20(25)13-6-5-10-24(12-13)19-14-7-3-4-8-16(14)22-18(23-19)17-15(21)9-11-27-17/h3-4,7-9,11,13H,2,5-6,10,12H2,1H3. The molecule has 1 aliphatic heterocycles. The first-order valence-corrected chi connectivity index (χ1v) is 10.3. The van der Waals surface area contributed by atoms with Gasteiger partial charge in [0.2, 0.25) is 0 Å². The molecule has 1 aromatic carbocycles. The smallest absolute Gasteiger partial charge is 0.310 e. The van der Waals surface area contributed by atoms with E-state index < -0.39 is 0 Å². The van der Waals surface area contributed by atoms with Gasteiger partial charge in [-0.2, -0.15) is 0 Å². The zero-order valence-electron chi connectivity index (χ0n) is 15.0. The van der Waals surface area contributed by atoms with Crippen molar-refractivity contribution in [1.82, 2.24) is 9.97 Å². The van der Waals surface area contributed by atoms with E-state index in [1.165, 1.54) is 11.3 Å². The topological polar surface area (TPSA) is 55.3 Å². The highest BCUT2D eigenvalue weighted by Crippen LogP contribution is 2.35. The van der Waals surface area contributed by atoms with E-state index in [1.54, 1.807) is 0 Å². The number of hydrogen-bond donors (Lipinski definition) is 0. The number of thiophene rings is 1. The lowest BCUT2D eigenvalue weighted by molar-refractivity contribution is -0.148. The highest BCUT2D eigenvalue weighted by atomic mass is 35.5. The first kappa shape index (κ1) is 18.2. The molecule has 7 heteroatoms. The number of piperidine rings is 1. The minimum Gasteiger partial charge on any atom is -0.466 e. The van der Waals surface area contributed by atoms with E-state index in [1.807, 2.05) is 42.6 Å². The number of para-hydroxylation sites is 1. The number of carbonyl (C=O) groups excluding carboxylic acids is 1. The molecule has 1 fully saturated rings. The number of hydrogen-bond acceptors (Lipinski definition) is 6. The zero-order valence-corrected chi connectivity index (χ0v) is 16.6. The molecule has 1 saturated heterocycles. The second kappa shape index (κ2) is 7.82. The van der Waals surface area contributed by atoms with Gasteiger partial charge in [-0.25, -0.2) is 9.97 Å². The van der Waals surface area contributed by atoms with Crippen LogP contribution in [-0.4, -0.2) is 35.6 Å². The van der Waals surface area contributed by atoms with Crippen LogP contribution >= 0.6 is 22.9 Å². The summed E-state index contributed by atoms with van der Waals surface area (Å²) in [5, 5.41) is 3.58. The summed E-state index contributed by atoms with van der Waals surface area (Å²) < 4.78 is 5.24. The molecule has 4 rings (SSSR count). The van der Waals surface area contributed by atoms with E-state index in [0.717, 1.165) is 41.0 Å². The van der Waals surface area contributed by atoms with Crippen molar-refractivity contribution in [2.75, 3.05) is 24.6 Å². The van der Waals surface area contributed by atoms with Crippen LogP contribution in [0.4, 0.5) is 5.82 Å². The molecule has 0 spiro atoms. The fraction of sp³-hybridized carbons (Fsp3) is 0.350. The number of esters is 1. The van der Waals surface area contributed by atoms with Gasteiger partial charge in [-0.3, -0.25) is 4.79 Å². The number of fused-ring (bicyclic) bond motifs is 1. The minimum absolute atomic E-state index is 0.123. The first-order chi connectivity index (χ1) is 13.2. The summed E-state index contributed by atoms with van der Waals surface area (Å²) in [7, 11) is 0. The average Bonchev–Trinajstić information content (AvgIpc) is 3.13. The highest BCUT2D eigenvalue weighted by molar-refractivity contribution is 7.14. The van der Waals surface area contributed by atoms with Crippen molar-refractivity contribution in [3.05, 3.63) is 40.7 Å². The Labute approximate surface area is 167 Å². The van der Waals surface area contributed by atoms with Crippen molar-refractivity contribution < 1.29 is 9.53 Å². The molecule has 5 nitrogen and oxygen atoms in total. The van der Waals surface area contributed by atoms with Gasteiger partial charge in [0.25, 0.3) is 0 Å². The summed E-state index contributed by atoms with van der Waals surface area (Å²) in [5.41, 5.74) is 0.875. The van der Waals surface area contributed by atoms with Gasteiger partial charge in [0, 0.05) is 18.5 Å². The summed E-state index contributed by atoms with van der Waals surface area (Å²) in [6, 6.07) is 9.82. The van der Waals surface area contributed by atoms with Crippen molar-refractivity contribution in [2.24, 2.45) is 5.92 Å². The van der Waals surface area contributed by atoms with Crippen molar-refractivity contribution >= 4 is 45.6 Å². The SMILES string of the molecule is CCOC(=O)C1CCCN(c2nc(-c3sccc3Cl)nc3ccccc23)C1. The van der Waals surface area contributed by atoms with Crippen LogP contribution in [0.15, 0.2) is 35.7 Å². The molecule has 1 unspecified atom stereocenters. The fourth-order valence-corrected chi connectivity index (χ4v) is 4.55. The van der Waals surface area contributed by atoms with Crippen LogP contribution in [0, 0.1) is 5.92 Å². The number of rotatable bonds is 4. The fourth-order valence-electron chi connectivity index (χ4n) is 3.48. The molecule has 0 saturated carbocycles. The van der Waals surface area contributed by atoms with E-state index in [0.29, 0.717) is 24.0 Å². The molecule has 3 aromatic rings. The Kier molecular flexibility index (Phi) is 5.27. The van der Waals surface area contributed by atoms with Gasteiger partial charge in [-0.05, 0) is 43.3 Å². The van der Waals surface area contributed by atoms with Gasteiger partial charge in [-0.1, -0.05) is 23.7 Å². The monoisotopic (exact) mass is 401 g/mol. The lowest BCUT2D eigenvalue weighted by Gasteiger charge is -2.33. The third kappa shape index (κ3) is 3.64. The van der Waals surface area contributed by atoms with E-state index >= 15 is 0 Å². The first-order valence-electron chi connectivity index (χ1n) is 9.09. The van der Waals surface area contributed by atoms with Crippen molar-refractivity contribution in [1.29, 1.82) is 0 Å². The lowest BCUT2D eigenvalue weighted by atomic mass is 9.98. The van der Waals surface area contributed by atoms with Gasteiger partial charge in [-0.15, -0.1) is 11.3 Å². The van der Waals surface area contributed by atoms with Gasteiger partial charge in [0.05, 0.1) is 27.9 Å². The number of carbonyl (C=O) groups is 1. The summed E-state index contributed by atoms with van der Waals surface area (Å²) >= 11 is 7.85. The van der Waals surface area contributed by atoms with Crippen LogP contribution in [0.2, 0.25) is 5.02 Å². The lowest BCUT2D eigenvalue weighted by Crippen LogP contribution is -2.40. The predicted molar refractivity (Wildman–Crippen MR) is 109 cm³/mol. The highest BCUT2D eigenvalue weighted by Gasteiger charge is 2.29. The Morgan fingerprint density at radius 3 is 2.96 bits per heavy atom. The molecule has 140 valence electrons. The van der Waals surface area contributed by atoms with E-state index in [2.05, 4.69) is 4.90 Å². The Hall–Kier alpha value is -2.18. The third-order valence-electron chi connectivity index (χ3n) is 4.74. The maximum absolute atomic E-state index is 12.2. The van der Waals surface area contributed by atoms with Gasteiger partial charge in [0.15, 0.2) is 5.82 Å². The zero-order chi connectivity index (χ0) is 18.8. The van der Waals surface area contributed by atoms with Crippen LogP contribution in [0.5, 0.6) is 0 Å². The molecule has 0 N–H and O–H groups in total. The number of nitrogens with zero attached hydrogens (tertiary/aromatic N) is 3. The third-order valence-corrected chi connectivity index (χ3v) is 6.08. The Morgan fingerprint density at radius 2 is 2.19 bits per heavy atom. The maximum Gasteiger partial charge on any atom is 0.310 e. The molecule has 0 amide bonds. The predicted octanol–water partition coefficient (Wildman–Crippen LogP) is 4.79. The van der Waals surface area contributed by atoms with Crippen molar-refractivity contribution in [3.63, 3.8) is 0 Å². The molecule has 1 atom stereocenters. The molecule has 2 aromatic heterocycles. The molecule has 0 radical (unpaired) electrons. The molecular formula is C20H20ClN3O2S.